The van der Waals surface area contributed by atoms with Crippen LogP contribution >= 0.6 is 0 Å². The maximum Gasteiger partial charge on any atom is 0.311 e. The van der Waals surface area contributed by atoms with Gasteiger partial charge < -0.3 is 9.47 Å². The van der Waals surface area contributed by atoms with E-state index in [0.717, 1.165) is 18.6 Å². The molecule has 0 aliphatic heterocycles. The molecule has 0 aliphatic carbocycles. The molecule has 0 bridgehead atoms. The zero-order valence-corrected chi connectivity index (χ0v) is 10.6. The van der Waals surface area contributed by atoms with E-state index in [1.807, 2.05) is 0 Å². The van der Waals surface area contributed by atoms with Crippen molar-refractivity contribution in [1.82, 2.24) is 0 Å². The third-order valence-corrected chi connectivity index (χ3v) is 2.53. The third kappa shape index (κ3) is 5.38. The van der Waals surface area contributed by atoms with Crippen molar-refractivity contribution >= 4 is 5.97 Å². The predicted molar refractivity (Wildman–Crippen MR) is 67.4 cm³/mol. The average molecular weight is 236 g/mol. The second-order valence-electron chi connectivity index (χ2n) is 3.96. The number of rotatable bonds is 7. The van der Waals surface area contributed by atoms with Gasteiger partial charge in [-0.2, -0.15) is 0 Å². The molecule has 0 amide bonds. The fraction of sp³-hybridized carbons (Fsp3) is 0.500. The Kier molecular flexibility index (Phi) is 6.15. The molecule has 3 heteroatoms. The summed E-state index contributed by atoms with van der Waals surface area (Å²) in [5.41, 5.74) is 0. The van der Waals surface area contributed by atoms with Crippen molar-refractivity contribution in [2.75, 3.05) is 7.11 Å². The van der Waals surface area contributed by atoms with Crippen molar-refractivity contribution in [3.63, 3.8) is 0 Å². The first-order valence-corrected chi connectivity index (χ1v) is 6.11. The number of benzene rings is 1. The van der Waals surface area contributed by atoms with E-state index in [-0.39, 0.29) is 5.97 Å². The maximum atomic E-state index is 11.5. The molecule has 1 aromatic carbocycles. The standard InChI is InChI=1S/C14H20O3/c1-3-4-5-6-7-14(15)17-13-10-8-12(16-2)9-11-13/h8-11H,3-7H2,1-2H3. The molecule has 0 saturated carbocycles. The molecule has 0 N–H and O–H groups in total. The highest BCUT2D eigenvalue weighted by Gasteiger charge is 2.04. The van der Waals surface area contributed by atoms with Crippen molar-refractivity contribution in [2.24, 2.45) is 0 Å². The fourth-order valence-electron chi connectivity index (χ4n) is 1.52. The van der Waals surface area contributed by atoms with Gasteiger partial charge in [-0.05, 0) is 30.7 Å². The lowest BCUT2D eigenvalue weighted by Crippen LogP contribution is -2.07. The number of ether oxygens (including phenoxy) is 2. The molecule has 0 saturated heterocycles. The quantitative estimate of drug-likeness (QED) is 0.412. The first-order chi connectivity index (χ1) is 8.26. The first kappa shape index (κ1) is 13.6. The summed E-state index contributed by atoms with van der Waals surface area (Å²) in [6.45, 7) is 2.15. The van der Waals surface area contributed by atoms with Gasteiger partial charge in [-0.15, -0.1) is 0 Å². The Bertz CT molecular complexity index is 330. The Morgan fingerprint density at radius 2 is 1.71 bits per heavy atom. The molecule has 0 fully saturated rings. The second kappa shape index (κ2) is 7.71. The Labute approximate surface area is 103 Å². The van der Waals surface area contributed by atoms with Gasteiger partial charge >= 0.3 is 5.97 Å². The van der Waals surface area contributed by atoms with E-state index in [1.54, 1.807) is 31.4 Å². The smallest absolute Gasteiger partial charge is 0.311 e. The molecule has 0 unspecified atom stereocenters. The van der Waals surface area contributed by atoms with E-state index < -0.39 is 0 Å². The number of esters is 1. The van der Waals surface area contributed by atoms with Crippen LogP contribution in [0.2, 0.25) is 0 Å². The number of methoxy groups -OCH3 is 1. The van der Waals surface area contributed by atoms with Gasteiger partial charge in [0.15, 0.2) is 0 Å². The minimum Gasteiger partial charge on any atom is -0.497 e. The Morgan fingerprint density at radius 1 is 1.06 bits per heavy atom. The number of carbonyl (C=O) groups excluding carboxylic acids is 1. The summed E-state index contributed by atoms with van der Waals surface area (Å²) in [5.74, 6) is 1.17. The monoisotopic (exact) mass is 236 g/mol. The van der Waals surface area contributed by atoms with Crippen LogP contribution < -0.4 is 9.47 Å². The minimum absolute atomic E-state index is 0.161. The normalized spacial score (nSPS) is 10.0. The fourth-order valence-corrected chi connectivity index (χ4v) is 1.52. The van der Waals surface area contributed by atoms with E-state index in [2.05, 4.69) is 6.92 Å². The Morgan fingerprint density at radius 3 is 2.29 bits per heavy atom. The van der Waals surface area contributed by atoms with Crippen LogP contribution in [-0.2, 0) is 4.79 Å². The molecule has 0 heterocycles. The van der Waals surface area contributed by atoms with Gasteiger partial charge in [0.1, 0.15) is 11.5 Å². The van der Waals surface area contributed by atoms with Crippen molar-refractivity contribution in [3.8, 4) is 11.5 Å². The summed E-state index contributed by atoms with van der Waals surface area (Å²) >= 11 is 0. The van der Waals surface area contributed by atoms with Crippen LogP contribution in [0, 0.1) is 0 Å². The zero-order chi connectivity index (χ0) is 12.5. The topological polar surface area (TPSA) is 35.5 Å². The first-order valence-electron chi connectivity index (χ1n) is 6.11. The summed E-state index contributed by atoms with van der Waals surface area (Å²) in [5, 5.41) is 0. The average Bonchev–Trinajstić information content (AvgIpc) is 2.36. The number of hydrogen-bond donors (Lipinski definition) is 0. The molecule has 0 radical (unpaired) electrons. The second-order valence-corrected chi connectivity index (χ2v) is 3.96. The predicted octanol–water partition coefficient (Wildman–Crippen LogP) is 3.57. The van der Waals surface area contributed by atoms with Gasteiger partial charge in [0.25, 0.3) is 0 Å². The molecule has 3 nitrogen and oxygen atoms in total. The van der Waals surface area contributed by atoms with Gasteiger partial charge in [0.05, 0.1) is 7.11 Å². The summed E-state index contributed by atoms with van der Waals surface area (Å²) in [7, 11) is 1.61. The van der Waals surface area contributed by atoms with Crippen LogP contribution in [0.4, 0.5) is 0 Å². The SMILES string of the molecule is CCCCCCC(=O)Oc1ccc(OC)cc1. The van der Waals surface area contributed by atoms with E-state index >= 15 is 0 Å². The molecule has 1 aromatic rings. The van der Waals surface area contributed by atoms with E-state index in [1.165, 1.54) is 12.8 Å². The largest absolute Gasteiger partial charge is 0.497 e. The highest BCUT2D eigenvalue weighted by molar-refractivity contribution is 5.72. The zero-order valence-electron chi connectivity index (χ0n) is 10.6. The molecular formula is C14H20O3. The van der Waals surface area contributed by atoms with Crippen LogP contribution in [-0.4, -0.2) is 13.1 Å². The van der Waals surface area contributed by atoms with Gasteiger partial charge in [-0.1, -0.05) is 26.2 Å². The highest BCUT2D eigenvalue weighted by atomic mass is 16.5. The van der Waals surface area contributed by atoms with Crippen molar-refractivity contribution in [2.45, 2.75) is 39.0 Å². The lowest BCUT2D eigenvalue weighted by atomic mass is 10.1. The maximum absolute atomic E-state index is 11.5. The van der Waals surface area contributed by atoms with E-state index in [4.69, 9.17) is 9.47 Å². The van der Waals surface area contributed by atoms with Gasteiger partial charge in [0.2, 0.25) is 0 Å². The summed E-state index contributed by atoms with van der Waals surface area (Å²) < 4.78 is 10.2. The van der Waals surface area contributed by atoms with Gasteiger partial charge in [-0.25, -0.2) is 0 Å². The molecular weight excluding hydrogens is 216 g/mol. The van der Waals surface area contributed by atoms with Crippen LogP contribution in [0.15, 0.2) is 24.3 Å². The molecule has 0 aliphatic rings. The highest BCUT2D eigenvalue weighted by Crippen LogP contribution is 2.17. The van der Waals surface area contributed by atoms with Crippen LogP contribution in [0.3, 0.4) is 0 Å². The van der Waals surface area contributed by atoms with Gasteiger partial charge in [0, 0.05) is 6.42 Å². The lowest BCUT2D eigenvalue weighted by molar-refractivity contribution is -0.134. The summed E-state index contributed by atoms with van der Waals surface area (Å²) in [6.07, 6.45) is 4.84. The molecule has 1 rings (SSSR count). The molecule has 17 heavy (non-hydrogen) atoms. The van der Waals surface area contributed by atoms with E-state index in [0.29, 0.717) is 12.2 Å². The summed E-state index contributed by atoms with van der Waals surface area (Å²) in [6, 6.07) is 7.03. The number of carbonyl (C=O) groups is 1. The van der Waals surface area contributed by atoms with Crippen molar-refractivity contribution in [1.29, 1.82) is 0 Å². The van der Waals surface area contributed by atoms with Crippen molar-refractivity contribution < 1.29 is 14.3 Å². The molecule has 0 aromatic heterocycles. The molecule has 94 valence electrons. The Balaban J connectivity index is 2.29. The third-order valence-electron chi connectivity index (χ3n) is 2.53. The van der Waals surface area contributed by atoms with Crippen molar-refractivity contribution in [3.05, 3.63) is 24.3 Å². The molecule has 0 spiro atoms. The van der Waals surface area contributed by atoms with Crippen LogP contribution in [0.25, 0.3) is 0 Å². The van der Waals surface area contributed by atoms with E-state index in [9.17, 15) is 4.79 Å². The van der Waals surface area contributed by atoms with Crippen LogP contribution in [0.5, 0.6) is 11.5 Å². The van der Waals surface area contributed by atoms with Crippen LogP contribution in [0.1, 0.15) is 39.0 Å². The number of unbranched alkanes of at least 4 members (excludes halogenated alkanes) is 3. The Hall–Kier alpha value is -1.51. The van der Waals surface area contributed by atoms with Gasteiger partial charge in [-0.3, -0.25) is 4.79 Å². The molecule has 0 atom stereocenters. The number of hydrogen-bond acceptors (Lipinski definition) is 3. The minimum atomic E-state index is -0.161. The lowest BCUT2D eigenvalue weighted by Gasteiger charge is -2.05. The summed E-state index contributed by atoms with van der Waals surface area (Å²) in [4.78, 5) is 11.5.